The molecule has 342 valence electrons. The van der Waals surface area contributed by atoms with Crippen molar-refractivity contribution in [1.29, 1.82) is 0 Å². The van der Waals surface area contributed by atoms with E-state index in [2.05, 4.69) is 80.0 Å². The number of hydrogen-bond acceptors (Lipinski definition) is 9. The maximum atomic E-state index is 13.3. The molecule has 3 unspecified atom stereocenters. The highest BCUT2D eigenvalue weighted by Crippen LogP contribution is 2.45. The Morgan fingerprint density at radius 1 is 1.02 bits per heavy atom. The standard InChI is InChI=1S/C40H37N3O4S3.C12H22O3/c1-6-9-12-30-31(20-24(4)7-2)25(5)29-16-15-28(22-32(29)30)42-19-18-27-21-26(14-17-33(27)42)11-10-13-34-37(46)43(23-35(44)45)39(49-34)36-38(47)41(8-3)40(48)50-36;1-5-6-11(4)15-8-9(2)7-10(3)12(13)14/h6-7,9-17,20-22H,2,8,18-19,23H2,1,3-5H3,(H,44,45);5-6,9-11H,7-8H2,1-4H3,(H,13,14)/b9-6+,11-10?,24-20-,30-12+,34-13?,39-36+;6-5-. The summed E-state index contributed by atoms with van der Waals surface area (Å²) >= 11 is 7.54. The van der Waals surface area contributed by atoms with Crippen LogP contribution in [0, 0.1) is 11.8 Å². The smallest absolute Gasteiger partial charge is 0.323 e. The van der Waals surface area contributed by atoms with Gasteiger partial charge in [-0.25, -0.2) is 0 Å². The molecule has 2 aromatic carbocycles. The van der Waals surface area contributed by atoms with Crippen molar-refractivity contribution in [2.45, 2.75) is 80.9 Å². The van der Waals surface area contributed by atoms with Gasteiger partial charge in [-0.15, -0.1) is 11.3 Å². The number of benzene rings is 2. The molecule has 3 atom stereocenters. The molecule has 0 saturated carbocycles. The summed E-state index contributed by atoms with van der Waals surface area (Å²) < 4.78 is 7.74. The van der Waals surface area contributed by atoms with Crippen molar-refractivity contribution in [2.24, 2.45) is 11.8 Å². The Bertz CT molecular complexity index is 2730. The normalized spacial score (nSPS) is 18.3. The zero-order chi connectivity index (χ0) is 47.5. The third kappa shape index (κ3) is 12.2. The van der Waals surface area contributed by atoms with Gasteiger partial charge in [-0.1, -0.05) is 117 Å². The van der Waals surface area contributed by atoms with Crippen LogP contribution in [0.2, 0.25) is 0 Å². The molecule has 1 amide bonds. The minimum Gasteiger partial charge on any atom is -0.481 e. The Hall–Kier alpha value is -5.60. The maximum Gasteiger partial charge on any atom is 0.323 e. The summed E-state index contributed by atoms with van der Waals surface area (Å²) in [5.74, 6) is -2.22. The third-order valence-electron chi connectivity index (χ3n) is 11.2. The van der Waals surface area contributed by atoms with Crippen molar-refractivity contribution >= 4 is 97.1 Å². The van der Waals surface area contributed by atoms with Crippen molar-refractivity contribution in [3.8, 4) is 0 Å². The number of rotatable bonds is 16. The topological polar surface area (TPSA) is 129 Å². The lowest BCUT2D eigenvalue weighted by Crippen LogP contribution is -2.35. The van der Waals surface area contributed by atoms with Crippen molar-refractivity contribution in [3.63, 3.8) is 0 Å². The van der Waals surface area contributed by atoms with Crippen LogP contribution in [-0.4, -0.2) is 67.6 Å². The molecular formula is C52H59N3O7S3. The second kappa shape index (κ2) is 23.0. The number of anilines is 2. The minimum atomic E-state index is -1.16. The lowest BCUT2D eigenvalue weighted by atomic mass is 9.98. The Morgan fingerprint density at radius 3 is 2.42 bits per heavy atom. The molecule has 3 aliphatic rings. The van der Waals surface area contributed by atoms with Gasteiger partial charge >= 0.3 is 11.9 Å². The van der Waals surface area contributed by atoms with Gasteiger partial charge in [-0.05, 0) is 130 Å². The highest BCUT2D eigenvalue weighted by Gasteiger charge is 2.33. The van der Waals surface area contributed by atoms with Gasteiger partial charge in [0.25, 0.3) is 11.5 Å². The average molecular weight is 934 g/mol. The van der Waals surface area contributed by atoms with E-state index in [9.17, 15) is 24.3 Å². The summed E-state index contributed by atoms with van der Waals surface area (Å²) in [7, 11) is 0. The summed E-state index contributed by atoms with van der Waals surface area (Å²) in [5.41, 5.74) is 11.4. The number of carbonyl (C=O) groups excluding carboxylic acids is 1. The van der Waals surface area contributed by atoms with E-state index in [1.807, 2.05) is 65.0 Å². The number of aromatic nitrogens is 1. The predicted octanol–water partition coefficient (Wildman–Crippen LogP) is 9.76. The number of carboxylic acids is 2. The van der Waals surface area contributed by atoms with E-state index < -0.39 is 24.0 Å². The largest absolute Gasteiger partial charge is 0.481 e. The maximum absolute atomic E-state index is 13.3. The summed E-state index contributed by atoms with van der Waals surface area (Å²) in [6, 6.07) is 13.1. The van der Waals surface area contributed by atoms with E-state index in [0.717, 1.165) is 57.5 Å². The van der Waals surface area contributed by atoms with E-state index in [1.54, 1.807) is 19.1 Å². The zero-order valence-electron chi connectivity index (χ0n) is 38.4. The Morgan fingerprint density at radius 2 is 1.77 bits per heavy atom. The van der Waals surface area contributed by atoms with Crippen LogP contribution >= 0.6 is 35.3 Å². The fraction of sp³-hybridized carbons (Fsp3) is 0.327. The monoisotopic (exact) mass is 933 g/mol. The van der Waals surface area contributed by atoms with Crippen LogP contribution in [0.15, 0.2) is 108 Å². The van der Waals surface area contributed by atoms with Gasteiger partial charge in [-0.2, -0.15) is 0 Å². The molecule has 6 rings (SSSR count). The number of ether oxygens (including phenoxy) is 1. The molecule has 13 heteroatoms. The molecule has 1 fully saturated rings. The summed E-state index contributed by atoms with van der Waals surface area (Å²) in [6.07, 6.45) is 21.4. The highest BCUT2D eigenvalue weighted by molar-refractivity contribution is 8.30. The first kappa shape index (κ1) is 50.4. The van der Waals surface area contributed by atoms with E-state index in [0.29, 0.717) is 33.1 Å². The number of amides is 1. The molecule has 65 heavy (non-hydrogen) atoms. The van der Waals surface area contributed by atoms with E-state index in [4.69, 9.17) is 22.1 Å². The molecule has 1 aromatic heterocycles. The molecule has 0 bridgehead atoms. The quantitative estimate of drug-likeness (QED) is 0.0814. The van der Waals surface area contributed by atoms with Gasteiger partial charge in [0.15, 0.2) is 0 Å². The predicted molar refractivity (Wildman–Crippen MR) is 274 cm³/mol. The molecule has 1 aliphatic carbocycles. The highest BCUT2D eigenvalue weighted by atomic mass is 32.2. The molecule has 10 nitrogen and oxygen atoms in total. The molecule has 1 saturated heterocycles. The fourth-order valence-electron chi connectivity index (χ4n) is 7.82. The zero-order valence-corrected chi connectivity index (χ0v) is 40.9. The van der Waals surface area contributed by atoms with Crippen LogP contribution < -0.4 is 19.7 Å². The number of thiazole rings is 1. The Balaban J connectivity index is 0.000000454. The van der Waals surface area contributed by atoms with Gasteiger partial charge < -0.3 is 19.8 Å². The number of hydrogen-bond donors (Lipinski definition) is 2. The lowest BCUT2D eigenvalue weighted by Gasteiger charge is -2.21. The van der Waals surface area contributed by atoms with Crippen LogP contribution in [0.4, 0.5) is 11.4 Å². The first-order chi connectivity index (χ1) is 31.0. The number of nitrogens with zero attached hydrogens (tertiary/aromatic N) is 3. The number of carbonyl (C=O) groups is 3. The van der Waals surface area contributed by atoms with Crippen LogP contribution in [0.5, 0.6) is 0 Å². The second-order valence-electron chi connectivity index (χ2n) is 16.2. The number of thioether (sulfide) groups is 1. The Kier molecular flexibility index (Phi) is 17.9. The number of fused-ring (bicyclic) bond motifs is 2. The van der Waals surface area contributed by atoms with Crippen LogP contribution in [0.1, 0.15) is 84.1 Å². The fourth-order valence-corrected chi connectivity index (χ4v) is 10.4. The van der Waals surface area contributed by atoms with Crippen molar-refractivity contribution in [3.05, 3.63) is 145 Å². The van der Waals surface area contributed by atoms with Crippen molar-refractivity contribution in [1.82, 2.24) is 9.47 Å². The molecule has 3 aromatic rings. The number of carboxylic acid groups (broad SMARTS) is 2. The number of aliphatic carboxylic acids is 2. The molecular weight excluding hydrogens is 875 g/mol. The van der Waals surface area contributed by atoms with Gasteiger partial charge in [0, 0.05) is 31.1 Å². The molecule has 0 radical (unpaired) electrons. The average Bonchev–Trinajstić information content (AvgIpc) is 3.99. The summed E-state index contributed by atoms with van der Waals surface area (Å²) in [5, 5.41) is 18.2. The van der Waals surface area contributed by atoms with E-state index >= 15 is 0 Å². The van der Waals surface area contributed by atoms with Gasteiger partial charge in [0.05, 0.1) is 16.6 Å². The number of thiocarbonyl (C=S) groups is 1. The number of allylic oxidation sites excluding steroid dienone is 11. The van der Waals surface area contributed by atoms with Gasteiger partial charge in [-0.3, -0.25) is 28.6 Å². The van der Waals surface area contributed by atoms with Crippen LogP contribution in [-0.2, 0) is 32.1 Å². The first-order valence-electron chi connectivity index (χ1n) is 21.8. The molecule has 2 N–H and O–H groups in total. The van der Waals surface area contributed by atoms with Crippen LogP contribution in [0.25, 0.3) is 28.2 Å². The molecule has 3 heterocycles. The van der Waals surface area contributed by atoms with E-state index in [-0.39, 0.29) is 28.8 Å². The van der Waals surface area contributed by atoms with E-state index in [1.165, 1.54) is 44.0 Å². The molecule has 0 spiro atoms. The van der Waals surface area contributed by atoms with Crippen molar-refractivity contribution in [2.75, 3.05) is 24.6 Å². The minimum absolute atomic E-state index is 0.109. The lowest BCUT2D eigenvalue weighted by molar-refractivity contribution is -0.142. The summed E-state index contributed by atoms with van der Waals surface area (Å²) in [6.45, 7) is 21.1. The summed E-state index contributed by atoms with van der Waals surface area (Å²) in [4.78, 5) is 52.6. The van der Waals surface area contributed by atoms with Crippen LogP contribution in [0.3, 0.4) is 0 Å². The second-order valence-corrected chi connectivity index (χ2v) is 18.9. The van der Waals surface area contributed by atoms with Gasteiger partial charge in [0.1, 0.15) is 20.4 Å². The van der Waals surface area contributed by atoms with Gasteiger partial charge in [0.2, 0.25) is 0 Å². The molecule has 2 aliphatic heterocycles. The Labute approximate surface area is 395 Å². The first-order valence-corrected chi connectivity index (χ1v) is 23.8. The van der Waals surface area contributed by atoms with Crippen molar-refractivity contribution < 1.29 is 29.3 Å². The SMILES string of the molecule is C/C=C\C(C)OCC(C)CC(C)C(=O)O.C=C/C(C)=C\C1=C(C)c2ccc(N3CCc4cc(C=CC=c5s/c(=C6/SC(=S)N(CC)C6=O)n(CC(=O)O)c5=O)ccc43)cc2/C1=C/C=C/C. The third-order valence-corrected chi connectivity index (χ3v) is 13.9.